The predicted octanol–water partition coefficient (Wildman–Crippen LogP) is 2.62. The first-order valence-corrected chi connectivity index (χ1v) is 6.85. The zero-order chi connectivity index (χ0) is 13.5. The lowest BCUT2D eigenvalue weighted by Gasteiger charge is -2.11. The second kappa shape index (κ2) is 7.14. The molecule has 1 N–H and O–H groups in total. The molecule has 1 aliphatic carbocycles. The Labute approximate surface area is 114 Å². The summed E-state index contributed by atoms with van der Waals surface area (Å²) in [5, 5.41) is 0. The van der Waals surface area contributed by atoms with Gasteiger partial charge in [0.25, 0.3) is 0 Å². The molecule has 4 heteroatoms. The summed E-state index contributed by atoms with van der Waals surface area (Å²) in [7, 11) is 1.64. The van der Waals surface area contributed by atoms with Crippen molar-refractivity contribution in [2.45, 2.75) is 44.6 Å². The molecule has 2 rings (SSSR count). The normalized spacial score (nSPS) is 15.4. The molecule has 0 bridgehead atoms. The van der Waals surface area contributed by atoms with E-state index < -0.39 is 0 Å². The summed E-state index contributed by atoms with van der Waals surface area (Å²) >= 11 is 0. The average molecular weight is 263 g/mol. The topological polar surface area (TPSA) is 47.6 Å². The number of amides is 1. The maximum absolute atomic E-state index is 11.7. The molecule has 0 saturated heterocycles. The predicted molar refractivity (Wildman–Crippen MR) is 72.8 cm³/mol. The highest BCUT2D eigenvalue weighted by molar-refractivity contribution is 5.75. The van der Waals surface area contributed by atoms with E-state index in [9.17, 15) is 4.79 Å². The monoisotopic (exact) mass is 263 g/mol. The van der Waals surface area contributed by atoms with E-state index in [0.29, 0.717) is 12.8 Å². The number of aryl methyl sites for hydroxylation is 1. The Hall–Kier alpha value is -1.55. The molecule has 1 aromatic rings. The van der Waals surface area contributed by atoms with E-state index in [1.807, 2.05) is 24.3 Å². The van der Waals surface area contributed by atoms with Gasteiger partial charge < -0.3 is 4.74 Å². The SMILES string of the molecule is COc1cccc(CCC(=O)NOC2CCCC2)c1. The Kier molecular flexibility index (Phi) is 5.21. The summed E-state index contributed by atoms with van der Waals surface area (Å²) in [6.45, 7) is 0. The molecule has 0 radical (unpaired) electrons. The smallest absolute Gasteiger partial charge is 0.243 e. The number of benzene rings is 1. The van der Waals surface area contributed by atoms with Crippen LogP contribution in [0.1, 0.15) is 37.7 Å². The third-order valence-corrected chi connectivity index (χ3v) is 3.42. The van der Waals surface area contributed by atoms with Crippen LogP contribution in [0.3, 0.4) is 0 Å². The van der Waals surface area contributed by atoms with E-state index in [1.165, 1.54) is 12.8 Å². The van der Waals surface area contributed by atoms with Crippen molar-refractivity contribution in [1.29, 1.82) is 0 Å². The number of methoxy groups -OCH3 is 1. The molecule has 0 aromatic heterocycles. The van der Waals surface area contributed by atoms with Gasteiger partial charge in [-0.1, -0.05) is 25.0 Å². The molecule has 0 atom stereocenters. The summed E-state index contributed by atoms with van der Waals surface area (Å²) in [5.41, 5.74) is 3.65. The van der Waals surface area contributed by atoms with Crippen LogP contribution in [0.25, 0.3) is 0 Å². The maximum atomic E-state index is 11.7. The molecule has 1 amide bonds. The fraction of sp³-hybridized carbons (Fsp3) is 0.533. The molecular formula is C15H21NO3. The first-order chi connectivity index (χ1) is 9.28. The van der Waals surface area contributed by atoms with Gasteiger partial charge in [0.05, 0.1) is 13.2 Å². The Morgan fingerprint density at radius 3 is 2.89 bits per heavy atom. The van der Waals surface area contributed by atoms with Crippen LogP contribution in [-0.4, -0.2) is 19.1 Å². The van der Waals surface area contributed by atoms with Crippen LogP contribution in [0.2, 0.25) is 0 Å². The zero-order valence-electron chi connectivity index (χ0n) is 11.4. The quantitative estimate of drug-likeness (QED) is 0.803. The van der Waals surface area contributed by atoms with Gasteiger partial charge in [0.2, 0.25) is 5.91 Å². The summed E-state index contributed by atoms with van der Waals surface area (Å²) in [6.07, 6.45) is 5.83. The van der Waals surface area contributed by atoms with E-state index in [2.05, 4.69) is 5.48 Å². The zero-order valence-corrected chi connectivity index (χ0v) is 11.4. The van der Waals surface area contributed by atoms with Crippen molar-refractivity contribution in [3.8, 4) is 5.75 Å². The molecule has 0 heterocycles. The summed E-state index contributed by atoms with van der Waals surface area (Å²) < 4.78 is 5.15. The Morgan fingerprint density at radius 1 is 1.37 bits per heavy atom. The molecule has 1 saturated carbocycles. The summed E-state index contributed by atoms with van der Waals surface area (Å²) in [4.78, 5) is 17.0. The van der Waals surface area contributed by atoms with Crippen LogP contribution in [0.5, 0.6) is 5.75 Å². The third-order valence-electron chi connectivity index (χ3n) is 3.42. The van der Waals surface area contributed by atoms with Gasteiger partial charge >= 0.3 is 0 Å². The molecule has 1 aromatic carbocycles. The highest BCUT2D eigenvalue weighted by Crippen LogP contribution is 2.20. The maximum Gasteiger partial charge on any atom is 0.243 e. The van der Waals surface area contributed by atoms with Crippen molar-refractivity contribution >= 4 is 5.91 Å². The standard InChI is InChI=1S/C15H21NO3/c1-18-14-8-4-5-12(11-14)9-10-15(17)16-19-13-6-2-3-7-13/h4-5,8,11,13H,2-3,6-7,9-10H2,1H3,(H,16,17). The average Bonchev–Trinajstić information content (AvgIpc) is 2.96. The number of hydrogen-bond acceptors (Lipinski definition) is 3. The van der Waals surface area contributed by atoms with E-state index in [4.69, 9.17) is 9.57 Å². The minimum absolute atomic E-state index is 0.0604. The van der Waals surface area contributed by atoms with Gasteiger partial charge in [0.15, 0.2) is 0 Å². The molecular weight excluding hydrogens is 242 g/mol. The van der Waals surface area contributed by atoms with E-state index in [-0.39, 0.29) is 12.0 Å². The van der Waals surface area contributed by atoms with Crippen LogP contribution >= 0.6 is 0 Å². The van der Waals surface area contributed by atoms with Crippen molar-refractivity contribution in [3.05, 3.63) is 29.8 Å². The van der Waals surface area contributed by atoms with Gasteiger partial charge in [-0.25, -0.2) is 5.48 Å². The van der Waals surface area contributed by atoms with Crippen LogP contribution in [0, 0.1) is 0 Å². The van der Waals surface area contributed by atoms with Gasteiger partial charge in [-0.15, -0.1) is 0 Å². The van der Waals surface area contributed by atoms with Gasteiger partial charge in [-0.05, 0) is 37.0 Å². The number of nitrogens with one attached hydrogen (secondary N) is 1. The van der Waals surface area contributed by atoms with Gasteiger partial charge in [0, 0.05) is 6.42 Å². The number of hydrogen-bond donors (Lipinski definition) is 1. The van der Waals surface area contributed by atoms with E-state index >= 15 is 0 Å². The summed E-state index contributed by atoms with van der Waals surface area (Å²) in [5.74, 6) is 0.759. The Bertz CT molecular complexity index is 414. The number of carbonyl (C=O) groups is 1. The Balaban J connectivity index is 1.70. The fourth-order valence-corrected chi connectivity index (χ4v) is 2.29. The first-order valence-electron chi connectivity index (χ1n) is 6.85. The van der Waals surface area contributed by atoms with Crippen molar-refractivity contribution < 1.29 is 14.4 Å². The van der Waals surface area contributed by atoms with Crippen LogP contribution < -0.4 is 10.2 Å². The minimum atomic E-state index is -0.0604. The molecule has 19 heavy (non-hydrogen) atoms. The summed E-state index contributed by atoms with van der Waals surface area (Å²) in [6, 6.07) is 7.77. The molecule has 4 nitrogen and oxygen atoms in total. The van der Waals surface area contributed by atoms with Crippen molar-refractivity contribution in [2.75, 3.05) is 7.11 Å². The molecule has 1 aliphatic rings. The lowest BCUT2D eigenvalue weighted by atomic mass is 10.1. The van der Waals surface area contributed by atoms with Crippen molar-refractivity contribution in [2.24, 2.45) is 0 Å². The van der Waals surface area contributed by atoms with Crippen molar-refractivity contribution in [1.82, 2.24) is 5.48 Å². The number of carbonyl (C=O) groups excluding carboxylic acids is 1. The van der Waals surface area contributed by atoms with Crippen LogP contribution in [0.15, 0.2) is 24.3 Å². The van der Waals surface area contributed by atoms with Crippen LogP contribution in [0.4, 0.5) is 0 Å². The second-order valence-electron chi connectivity index (χ2n) is 4.90. The largest absolute Gasteiger partial charge is 0.497 e. The molecule has 1 fully saturated rings. The minimum Gasteiger partial charge on any atom is -0.497 e. The first kappa shape index (κ1) is 13.9. The Morgan fingerprint density at radius 2 is 2.16 bits per heavy atom. The second-order valence-corrected chi connectivity index (χ2v) is 4.90. The van der Waals surface area contributed by atoms with Gasteiger partial charge in [0.1, 0.15) is 5.75 Å². The lowest BCUT2D eigenvalue weighted by Crippen LogP contribution is -2.28. The number of hydroxylamine groups is 1. The number of rotatable bonds is 6. The molecule has 104 valence electrons. The van der Waals surface area contributed by atoms with Crippen LogP contribution in [-0.2, 0) is 16.1 Å². The number of ether oxygens (including phenoxy) is 1. The molecule has 0 aliphatic heterocycles. The fourth-order valence-electron chi connectivity index (χ4n) is 2.29. The van der Waals surface area contributed by atoms with E-state index in [0.717, 1.165) is 24.2 Å². The van der Waals surface area contributed by atoms with Crippen molar-refractivity contribution in [3.63, 3.8) is 0 Å². The highest BCUT2D eigenvalue weighted by Gasteiger charge is 2.16. The van der Waals surface area contributed by atoms with E-state index in [1.54, 1.807) is 7.11 Å². The van der Waals surface area contributed by atoms with Gasteiger partial charge in [-0.3, -0.25) is 9.63 Å². The lowest BCUT2D eigenvalue weighted by molar-refractivity contribution is -0.138. The molecule has 0 spiro atoms. The third kappa shape index (κ3) is 4.56. The highest BCUT2D eigenvalue weighted by atomic mass is 16.7. The van der Waals surface area contributed by atoms with Gasteiger partial charge in [-0.2, -0.15) is 0 Å². The molecule has 0 unspecified atom stereocenters.